The Hall–Kier alpha value is -2.82. The first-order chi connectivity index (χ1) is 15.9. The molecule has 178 valence electrons. The second kappa shape index (κ2) is 8.85. The zero-order valence-electron chi connectivity index (χ0n) is 18.1. The Kier molecular flexibility index (Phi) is 5.90. The Morgan fingerprint density at radius 2 is 1.73 bits per heavy atom. The number of ether oxygens (including phenoxy) is 1. The quantitative estimate of drug-likeness (QED) is 0.742. The standard InChI is InChI=1S/C22H26F3N5O3/c23-22(24,25)17-3-1-14(2-4-17)15-11-16(19-27-20(28-33-19)26-18-5-6-18)13-30(12-15)21(31)29-7-9-32-10-8-29/h1-4,15-16,18H,5-13H2,(H,26,28). The van der Waals surface area contributed by atoms with Gasteiger partial charge in [-0.15, -0.1) is 0 Å². The molecule has 1 aromatic heterocycles. The molecule has 2 aromatic rings. The van der Waals surface area contributed by atoms with E-state index in [0.29, 0.717) is 63.7 Å². The van der Waals surface area contributed by atoms with Crippen molar-refractivity contribution in [3.63, 3.8) is 0 Å². The molecular formula is C22H26F3N5O3. The number of carbonyl (C=O) groups is 1. The van der Waals surface area contributed by atoms with Crippen LogP contribution in [0.1, 0.15) is 48.1 Å². The second-order valence-corrected chi connectivity index (χ2v) is 8.91. The highest BCUT2D eigenvalue weighted by atomic mass is 19.4. The van der Waals surface area contributed by atoms with Crippen molar-refractivity contribution in [3.05, 3.63) is 41.3 Å². The third-order valence-corrected chi connectivity index (χ3v) is 6.41. The van der Waals surface area contributed by atoms with Crippen molar-refractivity contribution >= 4 is 12.0 Å². The van der Waals surface area contributed by atoms with Crippen LogP contribution in [0.5, 0.6) is 0 Å². The molecular weight excluding hydrogens is 439 g/mol. The fraction of sp³-hybridized carbons (Fsp3) is 0.591. The van der Waals surface area contributed by atoms with Crippen molar-refractivity contribution in [3.8, 4) is 0 Å². The smallest absolute Gasteiger partial charge is 0.378 e. The minimum atomic E-state index is -4.39. The van der Waals surface area contributed by atoms with Crippen LogP contribution < -0.4 is 5.32 Å². The Morgan fingerprint density at radius 1 is 1.03 bits per heavy atom. The molecule has 2 unspecified atom stereocenters. The van der Waals surface area contributed by atoms with E-state index < -0.39 is 11.7 Å². The summed E-state index contributed by atoms with van der Waals surface area (Å²) in [5.41, 5.74) is 0.0656. The van der Waals surface area contributed by atoms with Crippen LogP contribution in [0.15, 0.2) is 28.8 Å². The van der Waals surface area contributed by atoms with Gasteiger partial charge in [-0.2, -0.15) is 18.2 Å². The molecule has 3 aliphatic rings. The molecule has 2 atom stereocenters. The van der Waals surface area contributed by atoms with Crippen LogP contribution in [-0.2, 0) is 10.9 Å². The maximum atomic E-state index is 13.2. The maximum Gasteiger partial charge on any atom is 0.416 e. The molecule has 2 aliphatic heterocycles. The number of piperidine rings is 1. The van der Waals surface area contributed by atoms with Crippen LogP contribution in [0.2, 0.25) is 0 Å². The largest absolute Gasteiger partial charge is 0.416 e. The van der Waals surface area contributed by atoms with Gasteiger partial charge >= 0.3 is 12.2 Å². The molecule has 1 N–H and O–H groups in total. The van der Waals surface area contributed by atoms with Crippen molar-refractivity contribution in [2.45, 2.75) is 43.3 Å². The van der Waals surface area contributed by atoms with E-state index >= 15 is 0 Å². The van der Waals surface area contributed by atoms with Gasteiger partial charge in [0.15, 0.2) is 0 Å². The lowest BCUT2D eigenvalue weighted by Gasteiger charge is -2.40. The Bertz CT molecular complexity index is 970. The number of amides is 2. The zero-order chi connectivity index (χ0) is 23.0. The molecule has 2 amide bonds. The molecule has 11 heteroatoms. The highest BCUT2D eigenvalue weighted by Gasteiger charge is 2.37. The molecule has 5 rings (SSSR count). The normalized spacial score (nSPS) is 24.1. The molecule has 1 aromatic carbocycles. The summed E-state index contributed by atoms with van der Waals surface area (Å²) in [5, 5.41) is 7.21. The number of morpholine rings is 1. The lowest BCUT2D eigenvalue weighted by atomic mass is 9.84. The number of alkyl halides is 3. The predicted molar refractivity (Wildman–Crippen MR) is 112 cm³/mol. The van der Waals surface area contributed by atoms with Gasteiger partial charge in [-0.1, -0.05) is 12.1 Å². The van der Waals surface area contributed by atoms with E-state index in [4.69, 9.17) is 9.26 Å². The second-order valence-electron chi connectivity index (χ2n) is 8.91. The van der Waals surface area contributed by atoms with Crippen molar-refractivity contribution in [1.29, 1.82) is 0 Å². The van der Waals surface area contributed by atoms with Crippen molar-refractivity contribution in [1.82, 2.24) is 19.9 Å². The lowest BCUT2D eigenvalue weighted by Crippen LogP contribution is -2.52. The summed E-state index contributed by atoms with van der Waals surface area (Å²) in [6, 6.07) is 5.47. The van der Waals surface area contributed by atoms with E-state index in [1.807, 2.05) is 0 Å². The Labute approximate surface area is 189 Å². The van der Waals surface area contributed by atoms with Crippen molar-refractivity contribution in [2.75, 3.05) is 44.7 Å². The van der Waals surface area contributed by atoms with Crippen LogP contribution in [0.4, 0.5) is 23.9 Å². The minimum absolute atomic E-state index is 0.101. The first kappa shape index (κ1) is 22.0. The van der Waals surface area contributed by atoms with Gasteiger partial charge in [-0.3, -0.25) is 0 Å². The number of nitrogens with one attached hydrogen (secondary N) is 1. The van der Waals surface area contributed by atoms with E-state index in [1.54, 1.807) is 9.80 Å². The minimum Gasteiger partial charge on any atom is -0.378 e. The summed E-state index contributed by atoms with van der Waals surface area (Å²) in [6.07, 6.45) is -1.64. The van der Waals surface area contributed by atoms with Gasteiger partial charge in [0, 0.05) is 38.1 Å². The number of rotatable bonds is 4. The monoisotopic (exact) mass is 465 g/mol. The van der Waals surface area contributed by atoms with Gasteiger partial charge in [0.25, 0.3) is 5.95 Å². The number of aromatic nitrogens is 2. The zero-order valence-corrected chi connectivity index (χ0v) is 18.1. The average molecular weight is 465 g/mol. The summed E-state index contributed by atoms with van der Waals surface area (Å²) >= 11 is 0. The van der Waals surface area contributed by atoms with Crippen molar-refractivity contribution < 1.29 is 27.2 Å². The van der Waals surface area contributed by atoms with Crippen LogP contribution in [0.25, 0.3) is 0 Å². The summed E-state index contributed by atoms with van der Waals surface area (Å²) in [7, 11) is 0. The van der Waals surface area contributed by atoms with E-state index in [2.05, 4.69) is 15.5 Å². The van der Waals surface area contributed by atoms with Crippen molar-refractivity contribution in [2.24, 2.45) is 0 Å². The number of carbonyl (C=O) groups excluding carboxylic acids is 1. The number of halogens is 3. The number of anilines is 1. The van der Waals surface area contributed by atoms with Gasteiger partial charge in [0.05, 0.1) is 24.7 Å². The summed E-state index contributed by atoms with van der Waals surface area (Å²) < 4.78 is 49.9. The first-order valence-electron chi connectivity index (χ1n) is 11.3. The van der Waals surface area contributed by atoms with Gasteiger partial charge in [-0.05, 0) is 42.1 Å². The Balaban J connectivity index is 1.37. The molecule has 33 heavy (non-hydrogen) atoms. The summed E-state index contributed by atoms with van der Waals surface area (Å²) in [5.74, 6) is 0.519. The number of hydrogen-bond acceptors (Lipinski definition) is 6. The predicted octanol–water partition coefficient (Wildman–Crippen LogP) is 3.69. The molecule has 0 spiro atoms. The number of likely N-dealkylation sites (tertiary alicyclic amines) is 1. The number of nitrogens with zero attached hydrogens (tertiary/aromatic N) is 4. The molecule has 2 saturated heterocycles. The molecule has 0 bridgehead atoms. The molecule has 0 radical (unpaired) electrons. The first-order valence-corrected chi connectivity index (χ1v) is 11.3. The topological polar surface area (TPSA) is 83.7 Å². The lowest BCUT2D eigenvalue weighted by molar-refractivity contribution is -0.137. The fourth-order valence-corrected chi connectivity index (χ4v) is 4.44. The van der Waals surface area contributed by atoms with Crippen LogP contribution in [0.3, 0.4) is 0 Å². The summed E-state index contributed by atoms with van der Waals surface area (Å²) in [4.78, 5) is 21.2. The summed E-state index contributed by atoms with van der Waals surface area (Å²) in [6.45, 7) is 2.84. The highest BCUT2D eigenvalue weighted by molar-refractivity contribution is 5.75. The molecule has 3 heterocycles. The fourth-order valence-electron chi connectivity index (χ4n) is 4.44. The van der Waals surface area contributed by atoms with Gasteiger partial charge in [0.1, 0.15) is 0 Å². The third-order valence-electron chi connectivity index (χ3n) is 6.41. The number of urea groups is 1. The molecule has 1 saturated carbocycles. The SMILES string of the molecule is O=C(N1CCOCC1)N1CC(c2ccc(C(F)(F)F)cc2)CC(c2nc(NC3CC3)no2)C1. The average Bonchev–Trinajstić information content (AvgIpc) is 3.52. The molecule has 1 aliphatic carbocycles. The molecule has 8 nitrogen and oxygen atoms in total. The van der Waals surface area contributed by atoms with E-state index in [0.717, 1.165) is 30.5 Å². The number of hydrogen-bond donors (Lipinski definition) is 1. The number of benzene rings is 1. The van der Waals surface area contributed by atoms with Gasteiger partial charge in [0.2, 0.25) is 5.89 Å². The third kappa shape index (κ3) is 5.07. The van der Waals surface area contributed by atoms with Crippen LogP contribution in [0, 0.1) is 0 Å². The highest BCUT2D eigenvalue weighted by Crippen LogP contribution is 2.37. The van der Waals surface area contributed by atoms with E-state index in [1.165, 1.54) is 12.1 Å². The van der Waals surface area contributed by atoms with Crippen LogP contribution in [-0.4, -0.2) is 71.4 Å². The van der Waals surface area contributed by atoms with E-state index in [-0.39, 0.29) is 17.9 Å². The van der Waals surface area contributed by atoms with Gasteiger partial charge in [-0.25, -0.2) is 4.79 Å². The van der Waals surface area contributed by atoms with Gasteiger partial charge < -0.3 is 24.4 Å². The van der Waals surface area contributed by atoms with Crippen LogP contribution >= 0.6 is 0 Å². The maximum absolute atomic E-state index is 13.2. The molecule has 3 fully saturated rings. The Morgan fingerprint density at radius 3 is 2.39 bits per heavy atom. The van der Waals surface area contributed by atoms with E-state index in [9.17, 15) is 18.0 Å².